The summed E-state index contributed by atoms with van der Waals surface area (Å²) >= 11 is 5.86. The van der Waals surface area contributed by atoms with Gasteiger partial charge in [0.1, 0.15) is 23.8 Å². The molecule has 0 spiro atoms. The highest BCUT2D eigenvalue weighted by atomic mass is 35.5. The smallest absolute Gasteiger partial charge is 0.355 e. The van der Waals surface area contributed by atoms with Crippen molar-refractivity contribution >= 4 is 35.2 Å². The van der Waals surface area contributed by atoms with Gasteiger partial charge >= 0.3 is 17.9 Å². The van der Waals surface area contributed by atoms with E-state index < -0.39 is 41.7 Å². The Bertz CT molecular complexity index is 777. The first-order valence-electron chi connectivity index (χ1n) is 6.79. The van der Waals surface area contributed by atoms with Gasteiger partial charge in [0.05, 0.1) is 37.1 Å². The fourth-order valence-electron chi connectivity index (χ4n) is 2.33. The molecule has 1 aliphatic heterocycles. The first-order chi connectivity index (χ1) is 11.8. The average molecular weight is 374 g/mol. The van der Waals surface area contributed by atoms with Gasteiger partial charge < -0.3 is 24.2 Å². The molecule has 0 aliphatic carbocycles. The highest BCUT2D eigenvalue weighted by Gasteiger charge is 2.36. The summed E-state index contributed by atoms with van der Waals surface area (Å²) in [6, 6.07) is 2.00. The molecule has 1 aliphatic rings. The van der Waals surface area contributed by atoms with E-state index >= 15 is 0 Å². The monoisotopic (exact) mass is 373 g/mol. The van der Waals surface area contributed by atoms with E-state index in [9.17, 15) is 23.9 Å². The lowest BCUT2D eigenvalue weighted by atomic mass is 10.1. The number of rotatable bonds is 4. The minimum atomic E-state index is -1.52. The molecule has 1 heterocycles. The van der Waals surface area contributed by atoms with Crippen molar-refractivity contribution in [3.8, 4) is 0 Å². The Morgan fingerprint density at radius 3 is 2.44 bits per heavy atom. The van der Waals surface area contributed by atoms with E-state index in [1.165, 1.54) is 0 Å². The van der Waals surface area contributed by atoms with Crippen molar-refractivity contribution < 1.29 is 38.1 Å². The second kappa shape index (κ2) is 7.49. The van der Waals surface area contributed by atoms with Crippen molar-refractivity contribution in [2.45, 2.75) is 0 Å². The third-order valence-corrected chi connectivity index (χ3v) is 3.71. The number of benzene rings is 1. The fraction of sp³-hybridized carbons (Fsp3) is 0.267. The lowest BCUT2D eigenvalue weighted by molar-refractivity contribution is -0.140. The third kappa shape index (κ3) is 3.42. The lowest BCUT2D eigenvalue weighted by Gasteiger charge is -2.32. The SMILES string of the molecule is COC(=O)C1=C(C(=O)OC)N(c2c(F)ccc(Cl)c2C(=O)O)COC1. The van der Waals surface area contributed by atoms with Crippen LogP contribution in [0.15, 0.2) is 23.4 Å². The van der Waals surface area contributed by atoms with Gasteiger partial charge in [-0.05, 0) is 12.1 Å². The Hall–Kier alpha value is -2.65. The zero-order valence-electron chi connectivity index (χ0n) is 13.2. The molecule has 0 unspecified atom stereocenters. The van der Waals surface area contributed by atoms with Crippen LogP contribution in [0.2, 0.25) is 5.02 Å². The maximum absolute atomic E-state index is 14.4. The van der Waals surface area contributed by atoms with Crippen molar-refractivity contribution in [1.82, 2.24) is 0 Å². The highest BCUT2D eigenvalue weighted by molar-refractivity contribution is 6.34. The van der Waals surface area contributed by atoms with Crippen molar-refractivity contribution in [3.63, 3.8) is 0 Å². The summed E-state index contributed by atoms with van der Waals surface area (Å²) in [4.78, 5) is 36.5. The third-order valence-electron chi connectivity index (χ3n) is 3.39. The van der Waals surface area contributed by atoms with Gasteiger partial charge in [0.2, 0.25) is 0 Å². The van der Waals surface area contributed by atoms with E-state index in [1.807, 2.05) is 0 Å². The number of carboxylic acids is 1. The average Bonchev–Trinajstić information content (AvgIpc) is 2.61. The van der Waals surface area contributed by atoms with Gasteiger partial charge in [-0.3, -0.25) is 0 Å². The minimum Gasteiger partial charge on any atom is -0.478 e. The maximum atomic E-state index is 14.4. The molecule has 0 amide bonds. The van der Waals surface area contributed by atoms with Crippen LogP contribution >= 0.6 is 11.6 Å². The van der Waals surface area contributed by atoms with Crippen LogP contribution in [0.5, 0.6) is 0 Å². The first-order valence-corrected chi connectivity index (χ1v) is 7.17. The van der Waals surface area contributed by atoms with Gasteiger partial charge in [0.25, 0.3) is 0 Å². The summed E-state index contributed by atoms with van der Waals surface area (Å²) in [6.07, 6.45) is 0. The quantitative estimate of drug-likeness (QED) is 0.793. The zero-order chi connectivity index (χ0) is 18.7. The predicted octanol–water partition coefficient (Wildman–Crippen LogP) is 1.57. The Kier molecular flexibility index (Phi) is 5.60. The molecule has 0 saturated heterocycles. The molecule has 0 fully saturated rings. The summed E-state index contributed by atoms with van der Waals surface area (Å²) in [5.74, 6) is -4.38. The number of hydrogen-bond acceptors (Lipinski definition) is 7. The highest BCUT2D eigenvalue weighted by Crippen LogP contribution is 2.35. The van der Waals surface area contributed by atoms with Gasteiger partial charge in [0, 0.05) is 0 Å². The number of carbonyl (C=O) groups is 3. The maximum Gasteiger partial charge on any atom is 0.355 e. The van der Waals surface area contributed by atoms with Crippen molar-refractivity contribution in [1.29, 1.82) is 0 Å². The molecule has 8 nitrogen and oxygen atoms in total. The summed E-state index contributed by atoms with van der Waals surface area (Å²) < 4.78 is 28.8. The van der Waals surface area contributed by atoms with Crippen molar-refractivity contribution in [3.05, 3.63) is 39.8 Å². The van der Waals surface area contributed by atoms with E-state index in [4.69, 9.17) is 16.3 Å². The number of aromatic carboxylic acids is 1. The first kappa shape index (κ1) is 18.7. The van der Waals surface area contributed by atoms with Gasteiger partial charge in [-0.15, -0.1) is 0 Å². The molecule has 1 aromatic carbocycles. The van der Waals surface area contributed by atoms with Crippen LogP contribution in [-0.2, 0) is 23.8 Å². The molecule has 0 bridgehead atoms. The topological polar surface area (TPSA) is 102 Å². The Morgan fingerprint density at radius 2 is 1.88 bits per heavy atom. The molecule has 25 heavy (non-hydrogen) atoms. The Labute approximate surface area is 146 Å². The van der Waals surface area contributed by atoms with Crippen molar-refractivity contribution in [2.75, 3.05) is 32.5 Å². The number of anilines is 1. The van der Waals surface area contributed by atoms with Crippen LogP contribution in [0, 0.1) is 5.82 Å². The van der Waals surface area contributed by atoms with Crippen LogP contribution in [0.1, 0.15) is 10.4 Å². The van der Waals surface area contributed by atoms with E-state index in [0.717, 1.165) is 31.3 Å². The van der Waals surface area contributed by atoms with Crippen LogP contribution in [0.25, 0.3) is 0 Å². The summed E-state index contributed by atoms with van der Waals surface area (Å²) in [6.45, 7) is -0.694. The van der Waals surface area contributed by atoms with Crippen molar-refractivity contribution in [2.24, 2.45) is 0 Å². The largest absolute Gasteiger partial charge is 0.478 e. The molecule has 134 valence electrons. The van der Waals surface area contributed by atoms with E-state index in [2.05, 4.69) is 9.47 Å². The van der Waals surface area contributed by atoms with E-state index in [0.29, 0.717) is 0 Å². The van der Waals surface area contributed by atoms with Gasteiger partial charge in [0.15, 0.2) is 0 Å². The molecule has 10 heteroatoms. The molecule has 1 aromatic rings. The van der Waals surface area contributed by atoms with Crippen LogP contribution in [0.3, 0.4) is 0 Å². The number of methoxy groups -OCH3 is 2. The number of ether oxygens (including phenoxy) is 3. The predicted molar refractivity (Wildman–Crippen MR) is 82.7 cm³/mol. The number of hydrogen-bond donors (Lipinski definition) is 1. The number of halogens is 2. The van der Waals surface area contributed by atoms with E-state index in [1.54, 1.807) is 0 Å². The van der Waals surface area contributed by atoms with Gasteiger partial charge in [-0.2, -0.15) is 0 Å². The molecule has 0 atom stereocenters. The Balaban J connectivity index is 2.77. The number of nitrogens with zero attached hydrogens (tertiary/aromatic N) is 1. The normalized spacial score (nSPS) is 14.3. The van der Waals surface area contributed by atoms with Gasteiger partial charge in [-0.25, -0.2) is 18.8 Å². The van der Waals surface area contributed by atoms with Crippen LogP contribution in [0.4, 0.5) is 10.1 Å². The molecule has 1 N–H and O–H groups in total. The van der Waals surface area contributed by atoms with E-state index in [-0.39, 0.29) is 22.9 Å². The molecule has 2 rings (SSSR count). The summed E-state index contributed by atoms with van der Waals surface area (Å²) in [5, 5.41) is 9.11. The molecular formula is C15H13ClFNO7. The molecule has 0 saturated carbocycles. The lowest BCUT2D eigenvalue weighted by Crippen LogP contribution is -2.40. The fourth-order valence-corrected chi connectivity index (χ4v) is 2.56. The number of carbonyl (C=O) groups excluding carboxylic acids is 2. The Morgan fingerprint density at radius 1 is 1.24 bits per heavy atom. The minimum absolute atomic E-state index is 0.240. The summed E-state index contributed by atoms with van der Waals surface area (Å²) in [7, 11) is 2.15. The zero-order valence-corrected chi connectivity index (χ0v) is 13.9. The van der Waals surface area contributed by atoms with Gasteiger partial charge in [-0.1, -0.05) is 11.6 Å². The van der Waals surface area contributed by atoms with Crippen LogP contribution < -0.4 is 4.90 Å². The summed E-state index contributed by atoms with van der Waals surface area (Å²) in [5.41, 5.74) is -1.74. The number of carboxylic acid groups (broad SMARTS) is 1. The molecule has 0 radical (unpaired) electrons. The molecular weight excluding hydrogens is 361 g/mol. The standard InChI is InChI=1S/C15H13ClFNO7/c1-23-14(21)7-5-25-6-18(11(7)15(22)24-2)12-9(17)4-3-8(16)10(12)13(19)20/h3-4H,5-6H2,1-2H3,(H,19,20). The second-order valence-electron chi connectivity index (χ2n) is 4.77. The number of esters is 2. The van der Waals surface area contributed by atoms with Crippen LogP contribution in [-0.4, -0.2) is 50.6 Å². The second-order valence-corrected chi connectivity index (χ2v) is 5.18. The molecule has 0 aromatic heterocycles.